The van der Waals surface area contributed by atoms with E-state index < -0.39 is 22.1 Å². The van der Waals surface area contributed by atoms with Crippen molar-refractivity contribution in [3.8, 4) is 16.9 Å². The van der Waals surface area contributed by atoms with Crippen LogP contribution in [0.3, 0.4) is 0 Å². The molecule has 38 heavy (non-hydrogen) atoms. The Morgan fingerprint density at radius 2 is 1.82 bits per heavy atom. The molecule has 0 unspecified atom stereocenters. The van der Waals surface area contributed by atoms with E-state index in [0.29, 0.717) is 16.6 Å². The molecule has 194 valence electrons. The minimum atomic E-state index is -4.90. The molecule has 2 aromatic carbocycles. The molecule has 0 fully saturated rings. The molecule has 3 heterocycles. The van der Waals surface area contributed by atoms with E-state index in [4.69, 9.17) is 0 Å². The van der Waals surface area contributed by atoms with Crippen molar-refractivity contribution >= 4 is 32.5 Å². The van der Waals surface area contributed by atoms with Crippen molar-refractivity contribution in [3.63, 3.8) is 0 Å². The van der Waals surface area contributed by atoms with Gasteiger partial charge < -0.3 is 9.72 Å². The van der Waals surface area contributed by atoms with Crippen LogP contribution in [0.4, 0.5) is 18.9 Å². The number of ketones is 1. The van der Waals surface area contributed by atoms with Crippen LogP contribution in [-0.4, -0.2) is 40.3 Å². The summed E-state index contributed by atoms with van der Waals surface area (Å²) in [5.74, 6) is -0.917. The molecule has 0 amide bonds. The summed E-state index contributed by atoms with van der Waals surface area (Å²) >= 11 is 0. The number of nitrogens with one attached hydrogen (secondary N) is 2. The highest BCUT2D eigenvalue weighted by Crippen LogP contribution is 2.28. The Labute approximate surface area is 213 Å². The molecule has 13 heteroatoms. The van der Waals surface area contributed by atoms with Gasteiger partial charge in [0, 0.05) is 59.0 Å². The van der Waals surface area contributed by atoms with Gasteiger partial charge in [-0.15, -0.1) is 13.2 Å². The first-order valence-corrected chi connectivity index (χ1v) is 12.5. The highest BCUT2D eigenvalue weighted by atomic mass is 32.2. The summed E-state index contributed by atoms with van der Waals surface area (Å²) in [6.07, 6.45) is 1.81. The van der Waals surface area contributed by atoms with Gasteiger partial charge in [0.15, 0.2) is 5.78 Å². The number of pyridine rings is 1. The highest BCUT2D eigenvalue weighted by molar-refractivity contribution is 7.92. The van der Waals surface area contributed by atoms with Gasteiger partial charge in [0.1, 0.15) is 11.4 Å². The summed E-state index contributed by atoms with van der Waals surface area (Å²) in [6.45, 7) is 0. The second-order valence-corrected chi connectivity index (χ2v) is 9.94. The molecule has 5 rings (SSSR count). The Balaban J connectivity index is 1.39. The molecule has 0 spiro atoms. The van der Waals surface area contributed by atoms with Crippen molar-refractivity contribution in [2.45, 2.75) is 11.3 Å². The third kappa shape index (κ3) is 5.22. The molecule has 3 aromatic heterocycles. The zero-order chi connectivity index (χ0) is 27.1. The standard InChI is InChI=1S/C25H18F3N5O4S/c1-33-14-17(12-31-33)16-10-21-22(13-30-24(21)29-11-16)23(34)15-3-2-4-18(9-15)32-38(35,36)20-7-5-19(6-8-20)37-25(26,27)28/h2-14,32H,1H3,(H,29,30). The number of halogens is 3. The Morgan fingerprint density at radius 1 is 1.05 bits per heavy atom. The molecule has 0 radical (unpaired) electrons. The van der Waals surface area contributed by atoms with Gasteiger partial charge in [-0.2, -0.15) is 5.10 Å². The van der Waals surface area contributed by atoms with Gasteiger partial charge >= 0.3 is 6.36 Å². The number of hydrogen-bond donors (Lipinski definition) is 2. The third-order valence-electron chi connectivity index (χ3n) is 5.56. The van der Waals surface area contributed by atoms with E-state index in [1.165, 1.54) is 24.4 Å². The Kier molecular flexibility index (Phi) is 6.15. The SMILES string of the molecule is Cn1cc(-c2cnc3[nH]cc(C(=O)c4cccc(NS(=O)(=O)c5ccc(OC(F)(F)F)cc5)c4)c3c2)cn1. The minimum Gasteiger partial charge on any atom is -0.406 e. The Morgan fingerprint density at radius 3 is 2.50 bits per heavy atom. The van der Waals surface area contributed by atoms with E-state index in [-0.39, 0.29) is 21.9 Å². The molecule has 0 saturated carbocycles. The maximum atomic E-state index is 13.4. The van der Waals surface area contributed by atoms with Crippen molar-refractivity contribution in [1.82, 2.24) is 19.7 Å². The maximum absolute atomic E-state index is 13.4. The number of alkyl halides is 3. The first-order valence-electron chi connectivity index (χ1n) is 11.0. The van der Waals surface area contributed by atoms with Gasteiger partial charge in [0.25, 0.3) is 10.0 Å². The van der Waals surface area contributed by atoms with Gasteiger partial charge in [-0.25, -0.2) is 13.4 Å². The van der Waals surface area contributed by atoms with Crippen molar-refractivity contribution in [2.75, 3.05) is 4.72 Å². The molecule has 0 atom stereocenters. The van der Waals surface area contributed by atoms with E-state index in [1.54, 1.807) is 30.2 Å². The number of carbonyl (C=O) groups excluding carboxylic acids is 1. The van der Waals surface area contributed by atoms with Crippen molar-refractivity contribution in [2.24, 2.45) is 7.05 Å². The van der Waals surface area contributed by atoms with Crippen LogP contribution in [0, 0.1) is 0 Å². The third-order valence-corrected chi connectivity index (χ3v) is 6.96. The highest BCUT2D eigenvalue weighted by Gasteiger charge is 2.31. The molecule has 0 aliphatic carbocycles. The first kappa shape index (κ1) is 25.0. The number of aromatic amines is 1. The fourth-order valence-electron chi connectivity index (χ4n) is 3.83. The van der Waals surface area contributed by atoms with Crippen LogP contribution >= 0.6 is 0 Å². The van der Waals surface area contributed by atoms with E-state index in [0.717, 1.165) is 35.4 Å². The summed E-state index contributed by atoms with van der Waals surface area (Å²) in [6, 6.07) is 11.5. The zero-order valence-electron chi connectivity index (χ0n) is 19.5. The van der Waals surface area contributed by atoms with Crippen LogP contribution in [0.1, 0.15) is 15.9 Å². The molecule has 9 nitrogen and oxygen atoms in total. The Hall–Kier alpha value is -4.65. The van der Waals surface area contributed by atoms with E-state index in [2.05, 4.69) is 24.5 Å². The van der Waals surface area contributed by atoms with Crippen LogP contribution in [0.5, 0.6) is 5.75 Å². The number of sulfonamides is 1. The van der Waals surface area contributed by atoms with E-state index in [9.17, 15) is 26.4 Å². The lowest BCUT2D eigenvalue weighted by atomic mass is 10.0. The molecule has 5 aromatic rings. The topological polar surface area (TPSA) is 119 Å². The van der Waals surface area contributed by atoms with Crippen molar-refractivity contribution < 1.29 is 31.1 Å². The predicted octanol–water partition coefficient (Wildman–Crippen LogP) is 4.89. The molecule has 0 aliphatic rings. The van der Waals surface area contributed by atoms with E-state index in [1.807, 2.05) is 12.3 Å². The lowest BCUT2D eigenvalue weighted by Crippen LogP contribution is -2.17. The second-order valence-electron chi connectivity index (χ2n) is 8.26. The minimum absolute atomic E-state index is 0.0977. The van der Waals surface area contributed by atoms with Crippen LogP contribution in [-0.2, 0) is 17.1 Å². The molecule has 0 aliphatic heterocycles. The van der Waals surface area contributed by atoms with E-state index >= 15 is 0 Å². The fourth-order valence-corrected chi connectivity index (χ4v) is 4.88. The van der Waals surface area contributed by atoms with Gasteiger partial charge in [-0.05, 0) is 42.5 Å². The summed E-state index contributed by atoms with van der Waals surface area (Å²) < 4.78 is 70.4. The predicted molar refractivity (Wildman–Crippen MR) is 132 cm³/mol. The number of H-pyrrole nitrogens is 1. The summed E-state index contributed by atoms with van der Waals surface area (Å²) in [4.78, 5) is 20.4. The lowest BCUT2D eigenvalue weighted by molar-refractivity contribution is -0.274. The normalized spacial score (nSPS) is 12.0. The Bertz CT molecular complexity index is 1760. The number of hydrogen-bond acceptors (Lipinski definition) is 6. The molecule has 2 N–H and O–H groups in total. The van der Waals surface area contributed by atoms with Gasteiger partial charge in [-0.3, -0.25) is 14.2 Å². The number of rotatable bonds is 7. The number of aryl methyl sites for hydroxylation is 1. The van der Waals surface area contributed by atoms with Crippen LogP contribution < -0.4 is 9.46 Å². The molecule has 0 saturated heterocycles. The number of ether oxygens (including phenoxy) is 1. The number of anilines is 1. The number of aromatic nitrogens is 4. The second kappa shape index (κ2) is 9.34. The van der Waals surface area contributed by atoms with Crippen LogP contribution in [0.2, 0.25) is 0 Å². The average Bonchev–Trinajstić information content (AvgIpc) is 3.48. The summed E-state index contributed by atoms with van der Waals surface area (Å²) in [7, 11) is -2.37. The van der Waals surface area contributed by atoms with Crippen molar-refractivity contribution in [1.29, 1.82) is 0 Å². The zero-order valence-corrected chi connectivity index (χ0v) is 20.3. The summed E-state index contributed by atoms with van der Waals surface area (Å²) in [5.41, 5.74) is 2.77. The lowest BCUT2D eigenvalue weighted by Gasteiger charge is -2.11. The summed E-state index contributed by atoms with van der Waals surface area (Å²) in [5, 5.41) is 4.74. The molecular weight excluding hydrogens is 523 g/mol. The van der Waals surface area contributed by atoms with Crippen LogP contribution in [0.25, 0.3) is 22.2 Å². The number of benzene rings is 2. The number of carbonyl (C=O) groups is 1. The average molecular weight is 542 g/mol. The maximum Gasteiger partial charge on any atom is 0.573 e. The largest absolute Gasteiger partial charge is 0.573 e. The van der Waals surface area contributed by atoms with Crippen molar-refractivity contribution in [3.05, 3.63) is 90.5 Å². The van der Waals surface area contributed by atoms with Gasteiger partial charge in [0.05, 0.1) is 11.1 Å². The molecular formula is C25H18F3N5O4S. The van der Waals surface area contributed by atoms with Gasteiger partial charge in [-0.1, -0.05) is 12.1 Å². The quantitative estimate of drug-likeness (QED) is 0.283. The van der Waals surface area contributed by atoms with Crippen LogP contribution in [0.15, 0.2) is 84.3 Å². The first-order chi connectivity index (χ1) is 18.0. The fraction of sp³-hybridized carbons (Fsp3) is 0.0800. The monoisotopic (exact) mass is 541 g/mol. The smallest absolute Gasteiger partial charge is 0.406 e. The number of nitrogens with zero attached hydrogens (tertiary/aromatic N) is 3. The molecule has 0 bridgehead atoms. The van der Waals surface area contributed by atoms with Gasteiger partial charge in [0.2, 0.25) is 0 Å². The number of fused-ring (bicyclic) bond motifs is 1.